The number of hydrazone groups is 1. The Bertz CT molecular complexity index is 301. The fourth-order valence-electron chi connectivity index (χ4n) is 0.925. The van der Waals surface area contributed by atoms with Gasteiger partial charge in [-0.2, -0.15) is 5.10 Å². The van der Waals surface area contributed by atoms with E-state index in [1.165, 1.54) is 0 Å². The number of rotatable bonds is 6. The van der Waals surface area contributed by atoms with Crippen LogP contribution in [0.25, 0.3) is 0 Å². The summed E-state index contributed by atoms with van der Waals surface area (Å²) in [5, 5.41) is 19.0. The minimum Gasteiger partial charge on any atom is -0.411 e. The molecule has 17 heavy (non-hydrogen) atoms. The van der Waals surface area contributed by atoms with Crippen LogP contribution in [0.5, 0.6) is 0 Å². The summed E-state index contributed by atoms with van der Waals surface area (Å²) in [6.07, 6.45) is 1.01. The highest BCUT2D eigenvalue weighted by atomic mass is 32.1. The first-order valence-electron chi connectivity index (χ1n) is 5.39. The lowest BCUT2D eigenvalue weighted by atomic mass is 10.3. The van der Waals surface area contributed by atoms with Crippen LogP contribution in [0.1, 0.15) is 20.3 Å². The van der Waals surface area contributed by atoms with Gasteiger partial charge in [0.15, 0.2) is 5.11 Å². The molecule has 0 fully saturated rings. The third-order valence-electron chi connectivity index (χ3n) is 2.07. The predicted molar refractivity (Wildman–Crippen MR) is 74.9 cm³/mol. The molecule has 0 aromatic carbocycles. The number of oxime groups is 1. The van der Waals surface area contributed by atoms with Gasteiger partial charge < -0.3 is 15.4 Å². The molecule has 0 radical (unpaired) electrons. The molecule has 6 nitrogen and oxygen atoms in total. The molecule has 0 atom stereocenters. The maximum atomic E-state index is 8.52. The number of hydrogen-bond donors (Lipinski definition) is 3. The number of thiocarbonyl (C=S) groups is 1. The normalized spacial score (nSPS) is 12.8. The van der Waals surface area contributed by atoms with Gasteiger partial charge >= 0.3 is 0 Å². The van der Waals surface area contributed by atoms with E-state index in [0.29, 0.717) is 16.5 Å². The second kappa shape index (κ2) is 8.89. The first kappa shape index (κ1) is 15.8. The van der Waals surface area contributed by atoms with Crippen molar-refractivity contribution < 1.29 is 5.21 Å². The Morgan fingerprint density at radius 2 is 1.94 bits per heavy atom. The predicted octanol–water partition coefficient (Wildman–Crippen LogP) is 0.628. The zero-order valence-corrected chi connectivity index (χ0v) is 11.6. The molecule has 0 unspecified atom stereocenters. The van der Waals surface area contributed by atoms with Crippen molar-refractivity contribution in [3.63, 3.8) is 0 Å². The van der Waals surface area contributed by atoms with E-state index in [2.05, 4.69) is 25.9 Å². The topological polar surface area (TPSA) is 72.2 Å². The van der Waals surface area contributed by atoms with Crippen LogP contribution in [0.3, 0.4) is 0 Å². The van der Waals surface area contributed by atoms with Crippen molar-refractivity contribution in [2.75, 3.05) is 27.2 Å². The lowest BCUT2D eigenvalue weighted by molar-refractivity contribution is 0.320. The Morgan fingerprint density at radius 1 is 1.29 bits per heavy atom. The number of nitrogens with one attached hydrogen (secondary N) is 2. The van der Waals surface area contributed by atoms with Crippen molar-refractivity contribution in [2.24, 2.45) is 10.3 Å². The summed E-state index contributed by atoms with van der Waals surface area (Å²) in [6.45, 7) is 5.20. The monoisotopic (exact) mass is 259 g/mol. The van der Waals surface area contributed by atoms with Gasteiger partial charge in [0, 0.05) is 6.54 Å². The Balaban J connectivity index is 3.80. The lowest BCUT2D eigenvalue weighted by Gasteiger charge is -2.10. The van der Waals surface area contributed by atoms with Gasteiger partial charge in [0.2, 0.25) is 0 Å². The summed E-state index contributed by atoms with van der Waals surface area (Å²) in [5.41, 5.74) is 3.73. The summed E-state index contributed by atoms with van der Waals surface area (Å²) in [6, 6.07) is 0. The first-order valence-corrected chi connectivity index (χ1v) is 5.80. The molecule has 0 rings (SSSR count). The summed E-state index contributed by atoms with van der Waals surface area (Å²) in [7, 11) is 4.06. The van der Waals surface area contributed by atoms with E-state index in [4.69, 9.17) is 17.4 Å². The highest BCUT2D eigenvalue weighted by Crippen LogP contribution is 1.83. The van der Waals surface area contributed by atoms with Gasteiger partial charge in [-0.05, 0) is 53.1 Å². The minimum absolute atomic E-state index is 0.452. The molecule has 98 valence electrons. The molecule has 0 aromatic rings. The van der Waals surface area contributed by atoms with E-state index in [1.54, 1.807) is 13.8 Å². The second-order valence-electron chi connectivity index (χ2n) is 3.91. The number of nitrogens with zero attached hydrogens (tertiary/aromatic N) is 3. The van der Waals surface area contributed by atoms with Gasteiger partial charge in [-0.15, -0.1) is 0 Å². The average molecular weight is 259 g/mol. The molecule has 0 aromatic heterocycles. The van der Waals surface area contributed by atoms with Crippen LogP contribution >= 0.6 is 12.2 Å². The van der Waals surface area contributed by atoms with Crippen LogP contribution < -0.4 is 10.7 Å². The van der Waals surface area contributed by atoms with E-state index in [0.717, 1.165) is 19.5 Å². The molecule has 0 aliphatic heterocycles. The van der Waals surface area contributed by atoms with Gasteiger partial charge in [-0.25, -0.2) is 0 Å². The zero-order valence-electron chi connectivity index (χ0n) is 10.8. The quantitative estimate of drug-likeness (QED) is 0.214. The molecule has 0 bridgehead atoms. The highest BCUT2D eigenvalue weighted by Gasteiger charge is 1.98. The molecule has 0 aliphatic carbocycles. The van der Waals surface area contributed by atoms with Crippen molar-refractivity contribution in [3.8, 4) is 0 Å². The van der Waals surface area contributed by atoms with Gasteiger partial charge in [0.05, 0.1) is 11.4 Å². The van der Waals surface area contributed by atoms with Crippen LogP contribution in [-0.4, -0.2) is 53.8 Å². The summed E-state index contributed by atoms with van der Waals surface area (Å²) in [4.78, 5) is 2.11. The Labute approximate surface area is 108 Å². The summed E-state index contributed by atoms with van der Waals surface area (Å²) >= 11 is 5.03. The molecule has 0 amide bonds. The average Bonchev–Trinajstić information content (AvgIpc) is 2.30. The largest absolute Gasteiger partial charge is 0.411 e. The Hall–Kier alpha value is -1.21. The Morgan fingerprint density at radius 3 is 2.47 bits per heavy atom. The highest BCUT2D eigenvalue weighted by molar-refractivity contribution is 7.80. The molecule has 0 spiro atoms. The third kappa shape index (κ3) is 8.58. The summed E-state index contributed by atoms with van der Waals surface area (Å²) < 4.78 is 0. The molecule has 3 N–H and O–H groups in total. The molecule has 0 heterocycles. The SMILES string of the molecule is CC(=N\O)/C(C)=N/NC(=S)NCCCN(C)C. The van der Waals surface area contributed by atoms with Crippen molar-refractivity contribution in [2.45, 2.75) is 20.3 Å². The van der Waals surface area contributed by atoms with Crippen LogP contribution in [0, 0.1) is 0 Å². The van der Waals surface area contributed by atoms with E-state index in [1.807, 2.05) is 14.1 Å². The fraction of sp³-hybridized carbons (Fsp3) is 0.700. The maximum Gasteiger partial charge on any atom is 0.186 e. The van der Waals surface area contributed by atoms with Crippen LogP contribution in [-0.2, 0) is 0 Å². The molecule has 7 heteroatoms. The smallest absolute Gasteiger partial charge is 0.186 e. The van der Waals surface area contributed by atoms with Gasteiger partial charge in [-0.1, -0.05) is 5.16 Å². The second-order valence-corrected chi connectivity index (χ2v) is 4.32. The zero-order chi connectivity index (χ0) is 13.3. The van der Waals surface area contributed by atoms with E-state index < -0.39 is 0 Å². The van der Waals surface area contributed by atoms with Crippen LogP contribution in [0.2, 0.25) is 0 Å². The molecule has 0 aliphatic rings. The van der Waals surface area contributed by atoms with Crippen molar-refractivity contribution in [3.05, 3.63) is 0 Å². The first-order chi connectivity index (χ1) is 7.97. The summed E-state index contributed by atoms with van der Waals surface area (Å²) in [5.74, 6) is 0. The number of hydrogen-bond acceptors (Lipinski definition) is 5. The van der Waals surface area contributed by atoms with E-state index in [-0.39, 0.29) is 0 Å². The fourth-order valence-corrected chi connectivity index (χ4v) is 1.07. The molecule has 0 saturated carbocycles. The maximum absolute atomic E-state index is 8.52. The third-order valence-corrected chi connectivity index (χ3v) is 2.30. The van der Waals surface area contributed by atoms with Crippen molar-refractivity contribution in [1.82, 2.24) is 15.6 Å². The molecular formula is C10H21N5OS. The van der Waals surface area contributed by atoms with Gasteiger partial charge in [-0.3, -0.25) is 5.43 Å². The van der Waals surface area contributed by atoms with E-state index in [9.17, 15) is 0 Å². The molecular weight excluding hydrogens is 238 g/mol. The molecule has 0 saturated heterocycles. The van der Waals surface area contributed by atoms with Crippen molar-refractivity contribution in [1.29, 1.82) is 0 Å². The van der Waals surface area contributed by atoms with E-state index >= 15 is 0 Å². The standard InChI is InChI=1S/C10H21N5OS/c1-8(9(2)14-16)12-13-10(17)11-6-5-7-15(3)4/h16H,5-7H2,1-4H3,(H2,11,13,17)/b12-8+,14-9+. The lowest BCUT2D eigenvalue weighted by Crippen LogP contribution is -2.34. The minimum atomic E-state index is 0.452. The van der Waals surface area contributed by atoms with Crippen molar-refractivity contribution >= 4 is 28.8 Å². The van der Waals surface area contributed by atoms with Gasteiger partial charge in [0.25, 0.3) is 0 Å². The van der Waals surface area contributed by atoms with Gasteiger partial charge in [0.1, 0.15) is 0 Å². The Kier molecular flexibility index (Phi) is 8.25. The van der Waals surface area contributed by atoms with Crippen LogP contribution in [0.4, 0.5) is 0 Å². The van der Waals surface area contributed by atoms with Crippen LogP contribution in [0.15, 0.2) is 10.3 Å².